The van der Waals surface area contributed by atoms with Crippen LogP contribution in [0.1, 0.15) is 31.1 Å². The van der Waals surface area contributed by atoms with Crippen molar-refractivity contribution in [1.82, 2.24) is 9.88 Å². The molecule has 2 heterocycles. The van der Waals surface area contributed by atoms with Crippen molar-refractivity contribution in [3.63, 3.8) is 0 Å². The van der Waals surface area contributed by atoms with Gasteiger partial charge in [0.15, 0.2) is 0 Å². The van der Waals surface area contributed by atoms with E-state index in [1.54, 1.807) is 24.3 Å². The molecule has 0 bridgehead atoms. The Kier molecular flexibility index (Phi) is 3.02. The molecule has 2 aromatic carbocycles. The zero-order chi connectivity index (χ0) is 15.3. The molecule has 6 heteroatoms. The molecule has 2 amide bonds. The van der Waals surface area contributed by atoms with E-state index < -0.39 is 5.37 Å². The third kappa shape index (κ3) is 1.88. The van der Waals surface area contributed by atoms with E-state index in [2.05, 4.69) is 17.6 Å². The Hall–Kier alpha value is -2.18. The summed E-state index contributed by atoms with van der Waals surface area (Å²) in [6.07, 6.45) is 0. The van der Waals surface area contributed by atoms with Crippen molar-refractivity contribution in [2.75, 3.05) is 0 Å². The minimum Gasteiger partial charge on any atom is -0.269 e. The van der Waals surface area contributed by atoms with Crippen molar-refractivity contribution in [3.8, 4) is 0 Å². The van der Waals surface area contributed by atoms with E-state index in [1.165, 1.54) is 16.2 Å². The van der Waals surface area contributed by atoms with Crippen LogP contribution in [0.5, 0.6) is 0 Å². The highest BCUT2D eigenvalue weighted by Gasteiger charge is 2.40. The molecule has 1 atom stereocenters. The number of nitrogens with zero attached hydrogens (tertiary/aromatic N) is 2. The molecule has 0 radical (unpaired) electrons. The van der Waals surface area contributed by atoms with E-state index in [0.29, 0.717) is 16.1 Å². The first-order valence-electron chi connectivity index (χ1n) is 6.67. The average Bonchev–Trinajstić information content (AvgIpc) is 3.08. The average molecular weight is 326 g/mol. The van der Waals surface area contributed by atoms with Gasteiger partial charge in [0.1, 0.15) is 10.4 Å². The van der Waals surface area contributed by atoms with Crippen LogP contribution in [0.15, 0.2) is 48.5 Å². The Morgan fingerprint density at radius 3 is 2.18 bits per heavy atom. The number of thiazole rings is 1. The maximum Gasteiger partial charge on any atom is 0.262 e. The number of rotatable bonds is 2. The smallest absolute Gasteiger partial charge is 0.262 e. The first-order valence-corrected chi connectivity index (χ1v) is 8.00. The molecule has 0 spiro atoms. The Bertz CT molecular complexity index is 851. The molecule has 1 aromatic heterocycles. The molecule has 1 unspecified atom stereocenters. The van der Waals surface area contributed by atoms with Gasteiger partial charge >= 0.3 is 0 Å². The number of hydrogen-bond donors (Lipinski definition) is 1. The fraction of sp³-hybridized carbons (Fsp3) is 0.0625. The van der Waals surface area contributed by atoms with Gasteiger partial charge in [-0.1, -0.05) is 24.3 Å². The van der Waals surface area contributed by atoms with Crippen LogP contribution in [0.2, 0.25) is 0 Å². The first kappa shape index (κ1) is 13.5. The standard InChI is InChI=1S/C16H10N2O2S2/c19-14-9-5-1-2-6-10(9)15(20)18(14)16(21)13-17-11-7-3-4-8-12(11)22-13/h1-8,16,21H. The van der Waals surface area contributed by atoms with Gasteiger partial charge in [-0.3, -0.25) is 14.5 Å². The topological polar surface area (TPSA) is 50.3 Å². The summed E-state index contributed by atoms with van der Waals surface area (Å²) in [4.78, 5) is 30.6. The molecule has 4 rings (SSSR count). The molecule has 108 valence electrons. The molecule has 0 saturated heterocycles. The van der Waals surface area contributed by atoms with Crippen LogP contribution in [-0.2, 0) is 0 Å². The molecule has 0 aliphatic carbocycles. The molecule has 1 aliphatic rings. The monoisotopic (exact) mass is 326 g/mol. The third-order valence-electron chi connectivity index (χ3n) is 3.60. The molecule has 0 N–H and O–H groups in total. The summed E-state index contributed by atoms with van der Waals surface area (Å²) >= 11 is 5.92. The van der Waals surface area contributed by atoms with Crippen LogP contribution in [0.3, 0.4) is 0 Å². The number of imide groups is 1. The van der Waals surface area contributed by atoms with Crippen molar-refractivity contribution < 1.29 is 9.59 Å². The van der Waals surface area contributed by atoms with Gasteiger partial charge < -0.3 is 0 Å². The van der Waals surface area contributed by atoms with E-state index in [-0.39, 0.29) is 11.8 Å². The number of benzene rings is 2. The predicted octanol–water partition coefficient (Wildman–Crippen LogP) is 3.52. The Labute approximate surface area is 135 Å². The second-order valence-corrected chi connectivity index (χ2v) is 6.47. The van der Waals surface area contributed by atoms with Crippen LogP contribution >= 0.6 is 24.0 Å². The van der Waals surface area contributed by atoms with Crippen LogP contribution in [-0.4, -0.2) is 21.7 Å². The fourth-order valence-corrected chi connectivity index (χ4v) is 3.91. The van der Waals surface area contributed by atoms with Crippen molar-refractivity contribution in [2.24, 2.45) is 0 Å². The minimum atomic E-state index is -0.676. The fourth-order valence-electron chi connectivity index (χ4n) is 2.54. The highest BCUT2D eigenvalue weighted by atomic mass is 32.1. The third-order valence-corrected chi connectivity index (χ3v) is 5.34. The van der Waals surface area contributed by atoms with Gasteiger partial charge in [-0.15, -0.1) is 24.0 Å². The van der Waals surface area contributed by atoms with Gasteiger partial charge in [0.2, 0.25) is 0 Å². The summed E-state index contributed by atoms with van der Waals surface area (Å²) in [5.41, 5.74) is 1.69. The van der Waals surface area contributed by atoms with Crippen LogP contribution in [0.4, 0.5) is 0 Å². The summed E-state index contributed by atoms with van der Waals surface area (Å²) in [6, 6.07) is 14.5. The second kappa shape index (κ2) is 4.93. The van der Waals surface area contributed by atoms with E-state index in [1.807, 2.05) is 24.3 Å². The Balaban J connectivity index is 1.76. The zero-order valence-electron chi connectivity index (χ0n) is 11.3. The van der Waals surface area contributed by atoms with Gasteiger partial charge in [-0.2, -0.15) is 0 Å². The Morgan fingerprint density at radius 2 is 1.55 bits per heavy atom. The number of hydrogen-bond acceptors (Lipinski definition) is 5. The molecule has 4 nitrogen and oxygen atoms in total. The van der Waals surface area contributed by atoms with Crippen LogP contribution < -0.4 is 0 Å². The number of aromatic nitrogens is 1. The van der Waals surface area contributed by atoms with Crippen molar-refractivity contribution >= 4 is 46.0 Å². The second-order valence-electron chi connectivity index (χ2n) is 4.92. The highest BCUT2D eigenvalue weighted by molar-refractivity contribution is 7.80. The maximum atomic E-state index is 12.5. The molecule has 0 saturated carbocycles. The SMILES string of the molecule is O=C1c2ccccc2C(=O)N1C(S)c1nc2ccccc2s1. The van der Waals surface area contributed by atoms with E-state index in [0.717, 1.165) is 10.2 Å². The zero-order valence-corrected chi connectivity index (χ0v) is 13.0. The van der Waals surface area contributed by atoms with Gasteiger partial charge in [-0.25, -0.2) is 4.98 Å². The predicted molar refractivity (Wildman–Crippen MR) is 88.3 cm³/mol. The number of amides is 2. The summed E-state index contributed by atoms with van der Waals surface area (Å²) in [5, 5.41) is -0.0381. The number of carbonyl (C=O) groups is 2. The lowest BCUT2D eigenvalue weighted by Gasteiger charge is -2.19. The normalized spacial score (nSPS) is 15.4. The largest absolute Gasteiger partial charge is 0.269 e. The molecule has 3 aromatic rings. The lowest BCUT2D eigenvalue weighted by atomic mass is 10.1. The van der Waals surface area contributed by atoms with Crippen molar-refractivity contribution in [2.45, 2.75) is 5.37 Å². The van der Waals surface area contributed by atoms with Crippen LogP contribution in [0, 0.1) is 0 Å². The number of thiol groups is 1. The summed E-state index contributed by atoms with van der Waals surface area (Å²) in [5.74, 6) is -0.639. The summed E-state index contributed by atoms with van der Waals surface area (Å²) in [6.45, 7) is 0. The molecule has 0 fully saturated rings. The van der Waals surface area contributed by atoms with Gasteiger partial charge in [0, 0.05) is 0 Å². The summed E-state index contributed by atoms with van der Waals surface area (Å²) < 4.78 is 1.01. The minimum absolute atomic E-state index is 0.320. The van der Waals surface area contributed by atoms with Crippen molar-refractivity contribution in [1.29, 1.82) is 0 Å². The molecular weight excluding hydrogens is 316 g/mol. The number of fused-ring (bicyclic) bond motifs is 2. The summed E-state index contributed by atoms with van der Waals surface area (Å²) in [7, 11) is 0. The van der Waals surface area contributed by atoms with Gasteiger partial charge in [0.05, 0.1) is 21.3 Å². The molecule has 22 heavy (non-hydrogen) atoms. The van der Waals surface area contributed by atoms with E-state index >= 15 is 0 Å². The molecule has 1 aliphatic heterocycles. The van der Waals surface area contributed by atoms with E-state index in [9.17, 15) is 9.59 Å². The lowest BCUT2D eigenvalue weighted by molar-refractivity contribution is 0.0638. The van der Waals surface area contributed by atoms with Gasteiger partial charge in [0.25, 0.3) is 11.8 Å². The number of carbonyl (C=O) groups excluding carboxylic acids is 2. The number of para-hydroxylation sites is 1. The first-order chi connectivity index (χ1) is 10.7. The quantitative estimate of drug-likeness (QED) is 0.579. The highest BCUT2D eigenvalue weighted by Crippen LogP contribution is 2.36. The van der Waals surface area contributed by atoms with Gasteiger partial charge in [-0.05, 0) is 24.3 Å². The Morgan fingerprint density at radius 1 is 0.955 bits per heavy atom. The van der Waals surface area contributed by atoms with Crippen molar-refractivity contribution in [3.05, 3.63) is 64.7 Å². The van der Waals surface area contributed by atoms with Crippen LogP contribution in [0.25, 0.3) is 10.2 Å². The van der Waals surface area contributed by atoms with E-state index in [4.69, 9.17) is 0 Å². The molecular formula is C16H10N2O2S2. The lowest BCUT2D eigenvalue weighted by Crippen LogP contribution is -2.31. The maximum absolute atomic E-state index is 12.5.